The number of aromatic carboxylic acids is 1. The van der Waals surface area contributed by atoms with Crippen LogP contribution in [0.1, 0.15) is 89.8 Å². The SMILES string of the molecule is CCCCc1c(C(=O)c2coc3cc(C(=O)O)ccc23)ccc(OCCCN2CCCCC2)c1CC. The fourth-order valence-corrected chi connectivity index (χ4v) is 5.18. The number of furan rings is 1. The zero-order chi connectivity index (χ0) is 25.5. The number of ketones is 1. The van der Waals surface area contributed by atoms with E-state index in [1.807, 2.05) is 12.1 Å². The maximum atomic E-state index is 13.7. The summed E-state index contributed by atoms with van der Waals surface area (Å²) >= 11 is 0. The summed E-state index contributed by atoms with van der Waals surface area (Å²) in [6, 6.07) is 8.45. The molecule has 4 rings (SSSR count). The highest BCUT2D eigenvalue weighted by Gasteiger charge is 2.23. The number of benzene rings is 2. The molecule has 1 aliphatic rings. The van der Waals surface area contributed by atoms with Gasteiger partial charge in [-0.2, -0.15) is 0 Å². The highest BCUT2D eigenvalue weighted by molar-refractivity contribution is 6.17. The lowest BCUT2D eigenvalue weighted by atomic mass is 9.89. The summed E-state index contributed by atoms with van der Waals surface area (Å²) in [6.07, 6.45) is 9.99. The number of rotatable bonds is 12. The fourth-order valence-electron chi connectivity index (χ4n) is 5.18. The number of nitrogens with zero attached hydrogens (tertiary/aromatic N) is 1. The van der Waals surface area contributed by atoms with E-state index in [2.05, 4.69) is 18.7 Å². The molecule has 0 bridgehead atoms. The minimum absolute atomic E-state index is 0.103. The van der Waals surface area contributed by atoms with E-state index in [0.29, 0.717) is 28.7 Å². The number of carbonyl (C=O) groups excluding carboxylic acids is 1. The van der Waals surface area contributed by atoms with E-state index >= 15 is 0 Å². The number of fused-ring (bicyclic) bond motifs is 1. The number of carbonyl (C=O) groups is 2. The molecule has 0 radical (unpaired) electrons. The smallest absolute Gasteiger partial charge is 0.335 e. The Kier molecular flexibility index (Phi) is 8.81. The predicted molar refractivity (Wildman–Crippen MR) is 141 cm³/mol. The Morgan fingerprint density at radius 2 is 1.81 bits per heavy atom. The maximum Gasteiger partial charge on any atom is 0.335 e. The van der Waals surface area contributed by atoms with Gasteiger partial charge in [0.1, 0.15) is 17.6 Å². The van der Waals surface area contributed by atoms with Gasteiger partial charge in [-0.3, -0.25) is 4.79 Å². The first-order chi connectivity index (χ1) is 17.5. The summed E-state index contributed by atoms with van der Waals surface area (Å²) < 4.78 is 11.8. The van der Waals surface area contributed by atoms with Crippen LogP contribution in [0, 0.1) is 0 Å². The number of unbranched alkanes of at least 4 members (excludes halogenated alkanes) is 1. The zero-order valence-corrected chi connectivity index (χ0v) is 21.5. The number of hydrogen-bond acceptors (Lipinski definition) is 5. The monoisotopic (exact) mass is 491 g/mol. The lowest BCUT2D eigenvalue weighted by molar-refractivity contribution is 0.0696. The van der Waals surface area contributed by atoms with Crippen molar-refractivity contribution >= 4 is 22.7 Å². The van der Waals surface area contributed by atoms with Gasteiger partial charge in [0.25, 0.3) is 0 Å². The van der Waals surface area contributed by atoms with Crippen molar-refractivity contribution < 1.29 is 23.8 Å². The van der Waals surface area contributed by atoms with Crippen molar-refractivity contribution in [3.8, 4) is 5.75 Å². The summed E-state index contributed by atoms with van der Waals surface area (Å²) in [7, 11) is 0. The van der Waals surface area contributed by atoms with E-state index in [9.17, 15) is 14.7 Å². The maximum absolute atomic E-state index is 13.7. The number of piperidine rings is 1. The van der Waals surface area contributed by atoms with Crippen LogP contribution in [0.4, 0.5) is 0 Å². The van der Waals surface area contributed by atoms with Crippen molar-refractivity contribution in [3.63, 3.8) is 0 Å². The van der Waals surface area contributed by atoms with Gasteiger partial charge in [-0.15, -0.1) is 0 Å². The minimum Gasteiger partial charge on any atom is -0.493 e. The molecule has 0 saturated carbocycles. The van der Waals surface area contributed by atoms with Crippen LogP contribution < -0.4 is 4.74 Å². The Balaban J connectivity index is 1.57. The topological polar surface area (TPSA) is 80.0 Å². The fraction of sp³-hybridized carbons (Fsp3) is 0.467. The van der Waals surface area contributed by atoms with E-state index in [1.54, 1.807) is 6.07 Å². The Labute approximate surface area is 213 Å². The second-order valence-electron chi connectivity index (χ2n) is 9.62. The normalized spacial score (nSPS) is 14.3. The lowest BCUT2D eigenvalue weighted by Crippen LogP contribution is -2.31. The molecule has 6 nitrogen and oxygen atoms in total. The molecule has 192 valence electrons. The Hall–Kier alpha value is -3.12. The number of ether oxygens (including phenoxy) is 1. The molecule has 0 spiro atoms. The molecule has 2 heterocycles. The number of carboxylic acid groups (broad SMARTS) is 1. The summed E-state index contributed by atoms with van der Waals surface area (Å²) in [6.45, 7) is 8.38. The van der Waals surface area contributed by atoms with Crippen molar-refractivity contribution in [3.05, 3.63) is 64.4 Å². The Morgan fingerprint density at radius 3 is 2.53 bits per heavy atom. The third-order valence-corrected chi connectivity index (χ3v) is 7.16. The largest absolute Gasteiger partial charge is 0.493 e. The van der Waals surface area contributed by atoms with Crippen LogP contribution in [0.3, 0.4) is 0 Å². The summed E-state index contributed by atoms with van der Waals surface area (Å²) in [4.78, 5) is 27.5. The van der Waals surface area contributed by atoms with Gasteiger partial charge in [-0.25, -0.2) is 4.79 Å². The molecule has 6 heteroatoms. The van der Waals surface area contributed by atoms with E-state index in [0.717, 1.165) is 55.5 Å². The van der Waals surface area contributed by atoms with Crippen molar-refractivity contribution in [2.75, 3.05) is 26.2 Å². The second kappa shape index (κ2) is 12.2. The second-order valence-corrected chi connectivity index (χ2v) is 9.62. The van der Waals surface area contributed by atoms with Gasteiger partial charge in [0, 0.05) is 17.5 Å². The third-order valence-electron chi connectivity index (χ3n) is 7.16. The minimum atomic E-state index is -1.03. The first kappa shape index (κ1) is 26.0. The van der Waals surface area contributed by atoms with Gasteiger partial charge in [-0.05, 0) is 93.1 Å². The predicted octanol–water partition coefficient (Wildman–Crippen LogP) is 6.52. The van der Waals surface area contributed by atoms with E-state index in [4.69, 9.17) is 9.15 Å². The molecule has 1 aromatic heterocycles. The molecule has 3 aromatic rings. The van der Waals surface area contributed by atoms with Gasteiger partial charge < -0.3 is 19.2 Å². The van der Waals surface area contributed by atoms with Crippen LogP contribution >= 0.6 is 0 Å². The molecule has 0 unspecified atom stereocenters. The molecule has 1 N–H and O–H groups in total. The molecular weight excluding hydrogens is 454 g/mol. The summed E-state index contributed by atoms with van der Waals surface area (Å²) in [5.41, 5.74) is 3.82. The van der Waals surface area contributed by atoms with Crippen molar-refractivity contribution in [1.82, 2.24) is 4.90 Å². The van der Waals surface area contributed by atoms with Gasteiger partial charge in [-0.1, -0.05) is 26.7 Å². The summed E-state index contributed by atoms with van der Waals surface area (Å²) in [5, 5.41) is 9.89. The number of carboxylic acids is 1. The van der Waals surface area contributed by atoms with Crippen LogP contribution in [0.5, 0.6) is 5.75 Å². The average molecular weight is 492 g/mol. The van der Waals surface area contributed by atoms with Crippen molar-refractivity contribution in [2.45, 2.75) is 65.2 Å². The summed E-state index contributed by atoms with van der Waals surface area (Å²) in [5.74, 6) is -0.252. The standard InChI is InChI=1S/C30H37NO5/c1-3-5-10-23-22(4-2)27(35-18-9-17-31-15-7-6-8-16-31)14-13-25(23)29(32)26-20-36-28-19-21(30(33)34)11-12-24(26)28/h11-14,19-20H,3-10,15-18H2,1-2H3,(H,33,34). The highest BCUT2D eigenvalue weighted by Crippen LogP contribution is 2.32. The van der Waals surface area contributed by atoms with Crippen LogP contribution in [0.2, 0.25) is 0 Å². The zero-order valence-electron chi connectivity index (χ0n) is 21.5. The molecule has 1 aliphatic heterocycles. The molecule has 0 atom stereocenters. The molecule has 1 saturated heterocycles. The molecule has 36 heavy (non-hydrogen) atoms. The van der Waals surface area contributed by atoms with Gasteiger partial charge in [0.2, 0.25) is 0 Å². The Morgan fingerprint density at radius 1 is 1.00 bits per heavy atom. The van der Waals surface area contributed by atoms with E-state index in [1.165, 1.54) is 50.7 Å². The molecule has 0 amide bonds. The van der Waals surface area contributed by atoms with Crippen LogP contribution in [-0.2, 0) is 12.8 Å². The van der Waals surface area contributed by atoms with E-state index in [-0.39, 0.29) is 11.3 Å². The molecule has 2 aromatic carbocycles. The number of hydrogen-bond donors (Lipinski definition) is 1. The third kappa shape index (κ3) is 5.81. The molecule has 1 fully saturated rings. The highest BCUT2D eigenvalue weighted by atomic mass is 16.5. The van der Waals surface area contributed by atoms with Crippen LogP contribution in [-0.4, -0.2) is 48.0 Å². The van der Waals surface area contributed by atoms with Gasteiger partial charge in [0.05, 0.1) is 17.7 Å². The number of likely N-dealkylation sites (tertiary alicyclic amines) is 1. The molecular formula is C30H37NO5. The van der Waals surface area contributed by atoms with Crippen molar-refractivity contribution in [1.29, 1.82) is 0 Å². The van der Waals surface area contributed by atoms with Gasteiger partial charge >= 0.3 is 5.97 Å². The first-order valence-corrected chi connectivity index (χ1v) is 13.3. The van der Waals surface area contributed by atoms with Crippen molar-refractivity contribution in [2.24, 2.45) is 0 Å². The Bertz CT molecular complexity index is 1210. The van der Waals surface area contributed by atoms with Crippen LogP contribution in [0.25, 0.3) is 11.0 Å². The lowest BCUT2D eigenvalue weighted by Gasteiger charge is -2.26. The van der Waals surface area contributed by atoms with Gasteiger partial charge in [0.15, 0.2) is 5.78 Å². The van der Waals surface area contributed by atoms with E-state index < -0.39 is 5.97 Å². The first-order valence-electron chi connectivity index (χ1n) is 13.3. The quantitative estimate of drug-likeness (QED) is 0.229. The van der Waals surface area contributed by atoms with Crippen LogP contribution in [0.15, 0.2) is 41.0 Å². The average Bonchev–Trinajstić information content (AvgIpc) is 3.33. The molecule has 0 aliphatic carbocycles.